The van der Waals surface area contributed by atoms with Crippen LogP contribution in [0.3, 0.4) is 0 Å². The highest BCUT2D eigenvalue weighted by atomic mass is 19.1. The van der Waals surface area contributed by atoms with Crippen molar-refractivity contribution >= 4 is 0 Å². The maximum atomic E-state index is 13.9. The van der Waals surface area contributed by atoms with Crippen LogP contribution in [0.25, 0.3) is 11.3 Å². The zero-order chi connectivity index (χ0) is 12.2. The molecule has 2 heterocycles. The average molecular weight is 232 g/mol. The highest BCUT2D eigenvalue weighted by Gasteiger charge is 2.45. The first kappa shape index (κ1) is 10.4. The SMILES string of the molecule is CC1(C)c2cc(F)cc(F)c2-c2cccc[n+]21. The summed E-state index contributed by atoms with van der Waals surface area (Å²) in [5.41, 5.74) is 1.58. The maximum absolute atomic E-state index is 13.9. The number of nitrogens with zero attached hydrogens (tertiary/aromatic N) is 1. The number of benzene rings is 1. The van der Waals surface area contributed by atoms with Crippen LogP contribution in [0.1, 0.15) is 19.4 Å². The average Bonchev–Trinajstić information content (AvgIpc) is 2.49. The van der Waals surface area contributed by atoms with Gasteiger partial charge in [-0.15, -0.1) is 0 Å². The van der Waals surface area contributed by atoms with Crippen molar-refractivity contribution < 1.29 is 13.3 Å². The molecule has 0 unspecified atom stereocenters. The monoisotopic (exact) mass is 232 g/mol. The molecule has 0 radical (unpaired) electrons. The third-order valence-electron chi connectivity index (χ3n) is 3.43. The first-order valence-electron chi connectivity index (χ1n) is 5.53. The van der Waals surface area contributed by atoms with Crippen molar-refractivity contribution in [3.8, 4) is 11.3 Å². The quantitative estimate of drug-likeness (QED) is 0.615. The molecule has 0 spiro atoms. The third kappa shape index (κ3) is 1.25. The van der Waals surface area contributed by atoms with Crippen molar-refractivity contribution in [2.45, 2.75) is 19.4 Å². The summed E-state index contributed by atoms with van der Waals surface area (Å²) in [5.74, 6) is -1.02. The molecule has 0 amide bonds. The molecule has 0 atom stereocenters. The van der Waals surface area contributed by atoms with Crippen molar-refractivity contribution in [3.05, 3.63) is 53.7 Å². The zero-order valence-corrected chi connectivity index (χ0v) is 9.67. The summed E-state index contributed by atoms with van der Waals surface area (Å²) < 4.78 is 29.2. The normalized spacial score (nSPS) is 15.5. The number of hydrogen-bond donors (Lipinski definition) is 0. The van der Waals surface area contributed by atoms with Gasteiger partial charge in [0, 0.05) is 37.6 Å². The third-order valence-corrected chi connectivity index (χ3v) is 3.43. The maximum Gasteiger partial charge on any atom is 0.216 e. The summed E-state index contributed by atoms with van der Waals surface area (Å²) in [5, 5.41) is 0. The van der Waals surface area contributed by atoms with E-state index in [2.05, 4.69) is 0 Å². The largest absolute Gasteiger partial charge is 0.216 e. The van der Waals surface area contributed by atoms with Crippen LogP contribution in [0.5, 0.6) is 0 Å². The Morgan fingerprint density at radius 2 is 1.88 bits per heavy atom. The van der Waals surface area contributed by atoms with Gasteiger partial charge in [-0.2, -0.15) is 4.57 Å². The topological polar surface area (TPSA) is 3.88 Å². The van der Waals surface area contributed by atoms with Gasteiger partial charge >= 0.3 is 0 Å². The predicted octanol–water partition coefficient (Wildman–Crippen LogP) is 3.02. The molecule has 17 heavy (non-hydrogen) atoms. The number of aromatic nitrogens is 1. The highest BCUT2D eigenvalue weighted by Crippen LogP contribution is 2.38. The molecule has 86 valence electrons. The van der Waals surface area contributed by atoms with E-state index in [4.69, 9.17) is 0 Å². The van der Waals surface area contributed by atoms with Crippen LogP contribution in [0.4, 0.5) is 8.78 Å². The van der Waals surface area contributed by atoms with Crippen molar-refractivity contribution in [3.63, 3.8) is 0 Å². The van der Waals surface area contributed by atoms with E-state index in [1.807, 2.05) is 42.8 Å². The minimum atomic E-state index is -0.525. The summed E-state index contributed by atoms with van der Waals surface area (Å²) in [6, 6.07) is 7.97. The minimum absolute atomic E-state index is 0.422. The number of halogens is 2. The molecule has 1 aliphatic heterocycles. The Morgan fingerprint density at radius 3 is 2.65 bits per heavy atom. The molecule has 0 saturated heterocycles. The van der Waals surface area contributed by atoms with E-state index in [0.29, 0.717) is 11.1 Å². The van der Waals surface area contributed by atoms with Crippen molar-refractivity contribution in [1.29, 1.82) is 0 Å². The second-order valence-corrected chi connectivity index (χ2v) is 4.83. The number of pyridine rings is 1. The Hall–Kier alpha value is -1.77. The van der Waals surface area contributed by atoms with E-state index in [1.165, 1.54) is 6.07 Å². The van der Waals surface area contributed by atoms with Gasteiger partial charge in [0.25, 0.3) is 0 Å². The molecule has 0 saturated carbocycles. The Bertz CT molecular complexity index is 618. The van der Waals surface area contributed by atoms with Gasteiger partial charge in [0.05, 0.1) is 5.56 Å². The van der Waals surface area contributed by atoms with Gasteiger partial charge in [0.2, 0.25) is 5.69 Å². The summed E-state index contributed by atoms with van der Waals surface area (Å²) in [7, 11) is 0. The van der Waals surface area contributed by atoms with Crippen LogP contribution in [0, 0.1) is 11.6 Å². The Balaban J connectivity index is 2.44. The molecule has 3 rings (SSSR count). The van der Waals surface area contributed by atoms with Gasteiger partial charge in [-0.25, -0.2) is 8.78 Å². The molecule has 0 aliphatic carbocycles. The molecule has 1 aromatic heterocycles. The molecule has 0 N–H and O–H groups in total. The van der Waals surface area contributed by atoms with Gasteiger partial charge in [-0.1, -0.05) is 0 Å². The minimum Gasteiger partial charge on any atom is -0.207 e. The van der Waals surface area contributed by atoms with Crippen LogP contribution in [-0.2, 0) is 5.54 Å². The van der Waals surface area contributed by atoms with E-state index < -0.39 is 17.2 Å². The van der Waals surface area contributed by atoms with E-state index in [-0.39, 0.29) is 0 Å². The van der Waals surface area contributed by atoms with Gasteiger partial charge in [0.15, 0.2) is 11.7 Å². The molecule has 0 bridgehead atoms. The van der Waals surface area contributed by atoms with E-state index in [0.717, 1.165) is 11.8 Å². The lowest BCUT2D eigenvalue weighted by Crippen LogP contribution is -2.50. The van der Waals surface area contributed by atoms with E-state index >= 15 is 0 Å². The van der Waals surface area contributed by atoms with Gasteiger partial charge < -0.3 is 0 Å². The Kier molecular flexibility index (Phi) is 1.91. The summed E-state index contributed by atoms with van der Waals surface area (Å²) >= 11 is 0. The van der Waals surface area contributed by atoms with Crippen LogP contribution in [0.15, 0.2) is 36.5 Å². The lowest BCUT2D eigenvalue weighted by atomic mass is 9.93. The lowest BCUT2D eigenvalue weighted by Gasteiger charge is -2.14. The van der Waals surface area contributed by atoms with Crippen LogP contribution in [-0.4, -0.2) is 0 Å². The molecule has 2 aromatic rings. The fourth-order valence-electron chi connectivity index (χ4n) is 2.58. The number of fused-ring (bicyclic) bond motifs is 3. The fourth-order valence-corrected chi connectivity index (χ4v) is 2.58. The van der Waals surface area contributed by atoms with Crippen LogP contribution in [0.2, 0.25) is 0 Å². The first-order valence-corrected chi connectivity index (χ1v) is 5.53. The molecule has 3 heteroatoms. The second-order valence-electron chi connectivity index (χ2n) is 4.83. The first-order chi connectivity index (χ1) is 8.01. The number of hydrogen-bond acceptors (Lipinski definition) is 0. The molecular formula is C14H12F2N+. The molecule has 0 fully saturated rings. The number of rotatable bonds is 0. The highest BCUT2D eigenvalue weighted by molar-refractivity contribution is 5.66. The van der Waals surface area contributed by atoms with E-state index in [9.17, 15) is 8.78 Å². The van der Waals surface area contributed by atoms with Crippen molar-refractivity contribution in [2.24, 2.45) is 0 Å². The predicted molar refractivity (Wildman–Crippen MR) is 60.4 cm³/mol. The van der Waals surface area contributed by atoms with Gasteiger partial charge in [0.1, 0.15) is 11.6 Å². The standard InChI is InChI=1S/C14H12F2N/c1-14(2)10-7-9(15)8-11(16)13(10)12-5-3-4-6-17(12)14/h3-8H,1-2H3/q+1. The molecule has 1 aliphatic rings. The fraction of sp³-hybridized carbons (Fsp3) is 0.214. The zero-order valence-electron chi connectivity index (χ0n) is 9.67. The Labute approximate surface area is 98.3 Å². The van der Waals surface area contributed by atoms with Crippen molar-refractivity contribution in [2.75, 3.05) is 0 Å². The van der Waals surface area contributed by atoms with Gasteiger partial charge in [-0.3, -0.25) is 0 Å². The van der Waals surface area contributed by atoms with Crippen molar-refractivity contribution in [1.82, 2.24) is 0 Å². The Morgan fingerprint density at radius 1 is 1.12 bits per heavy atom. The smallest absolute Gasteiger partial charge is 0.207 e. The molecule has 1 nitrogen and oxygen atoms in total. The molecule has 1 aromatic carbocycles. The van der Waals surface area contributed by atoms with E-state index in [1.54, 1.807) is 0 Å². The lowest BCUT2D eigenvalue weighted by molar-refractivity contribution is -0.731. The van der Waals surface area contributed by atoms with Crippen LogP contribution >= 0.6 is 0 Å². The molecular weight excluding hydrogens is 220 g/mol. The van der Waals surface area contributed by atoms with Crippen LogP contribution < -0.4 is 4.57 Å². The second kappa shape index (κ2) is 3.13. The summed E-state index contributed by atoms with van der Waals surface area (Å²) in [6.07, 6.45) is 1.90. The van der Waals surface area contributed by atoms with Gasteiger partial charge in [-0.05, 0) is 12.1 Å². The summed E-state index contributed by atoms with van der Waals surface area (Å²) in [6.45, 7) is 3.92. The summed E-state index contributed by atoms with van der Waals surface area (Å²) in [4.78, 5) is 0.